The van der Waals surface area contributed by atoms with Crippen LogP contribution in [0.4, 0.5) is 5.69 Å². The summed E-state index contributed by atoms with van der Waals surface area (Å²) >= 11 is 6.12. The van der Waals surface area contributed by atoms with Crippen LogP contribution in [0.25, 0.3) is 5.69 Å². The zero-order valence-corrected chi connectivity index (χ0v) is 12.5. The summed E-state index contributed by atoms with van der Waals surface area (Å²) < 4.78 is 1.61. The maximum Gasteiger partial charge on any atom is 0.229 e. The summed E-state index contributed by atoms with van der Waals surface area (Å²) in [6.45, 7) is 0.378. The number of para-hydroxylation sites is 1. The molecule has 2 amide bonds. The number of hydrogen-bond acceptors (Lipinski definition) is 3. The Labute approximate surface area is 132 Å². The Balaban J connectivity index is 1.68. The number of benzene rings is 1. The van der Waals surface area contributed by atoms with Crippen LogP contribution in [0.1, 0.15) is 12.8 Å². The maximum absolute atomic E-state index is 12.2. The predicted molar refractivity (Wildman–Crippen MR) is 82.9 cm³/mol. The Hall–Kier alpha value is -2.34. The van der Waals surface area contributed by atoms with Gasteiger partial charge in [0.05, 0.1) is 34.7 Å². The summed E-state index contributed by atoms with van der Waals surface area (Å²) in [4.78, 5) is 23.3. The van der Waals surface area contributed by atoms with Crippen LogP contribution in [-0.2, 0) is 9.59 Å². The molecule has 114 valence electrons. The fourth-order valence-corrected chi connectivity index (χ4v) is 2.58. The first-order chi connectivity index (χ1) is 10.6. The molecule has 1 aliphatic heterocycles. The lowest BCUT2D eigenvalue weighted by Crippen LogP contribution is -2.40. The molecule has 2 N–H and O–H groups in total. The van der Waals surface area contributed by atoms with Crippen molar-refractivity contribution in [1.29, 1.82) is 0 Å². The van der Waals surface area contributed by atoms with Gasteiger partial charge in [-0.1, -0.05) is 23.7 Å². The topological polar surface area (TPSA) is 76.0 Å². The van der Waals surface area contributed by atoms with Crippen molar-refractivity contribution >= 4 is 29.1 Å². The Morgan fingerprint density at radius 3 is 2.95 bits per heavy atom. The number of hydrogen-bond donors (Lipinski definition) is 2. The average Bonchev–Trinajstić information content (AvgIpc) is 2.96. The number of rotatable bonds is 3. The first-order valence-electron chi connectivity index (χ1n) is 7.00. The van der Waals surface area contributed by atoms with Crippen LogP contribution in [0.3, 0.4) is 0 Å². The van der Waals surface area contributed by atoms with Gasteiger partial charge in [0, 0.05) is 13.0 Å². The standard InChI is InChI=1S/C15H15ClN4O2/c16-12-3-1-2-4-13(12)20-9-11(8-18-20)19-15(22)10-5-6-14(21)17-7-10/h1-4,8-10H,5-7H2,(H,17,21)(H,19,22)/t10-/m0/s1. The van der Waals surface area contributed by atoms with Crippen molar-refractivity contribution in [2.45, 2.75) is 12.8 Å². The fraction of sp³-hybridized carbons (Fsp3) is 0.267. The lowest BCUT2D eigenvalue weighted by atomic mass is 9.98. The lowest BCUT2D eigenvalue weighted by Gasteiger charge is -2.21. The van der Waals surface area contributed by atoms with Crippen molar-refractivity contribution in [3.8, 4) is 5.69 Å². The average molecular weight is 319 g/mol. The molecule has 2 aromatic rings. The molecule has 22 heavy (non-hydrogen) atoms. The zero-order chi connectivity index (χ0) is 15.5. The summed E-state index contributed by atoms with van der Waals surface area (Å²) in [5, 5.41) is 10.3. The van der Waals surface area contributed by atoms with Crippen molar-refractivity contribution in [2.75, 3.05) is 11.9 Å². The monoisotopic (exact) mass is 318 g/mol. The highest BCUT2D eigenvalue weighted by atomic mass is 35.5. The molecule has 7 heteroatoms. The molecule has 0 unspecified atom stereocenters. The van der Waals surface area contributed by atoms with Crippen LogP contribution in [0, 0.1) is 5.92 Å². The molecule has 0 aliphatic carbocycles. The van der Waals surface area contributed by atoms with Gasteiger partial charge < -0.3 is 10.6 Å². The van der Waals surface area contributed by atoms with E-state index in [0.717, 1.165) is 5.69 Å². The largest absolute Gasteiger partial charge is 0.355 e. The molecule has 0 bridgehead atoms. The molecule has 1 aliphatic rings. The van der Waals surface area contributed by atoms with Crippen LogP contribution in [0.15, 0.2) is 36.7 Å². The first kappa shape index (κ1) is 14.6. The Morgan fingerprint density at radius 1 is 1.41 bits per heavy atom. The van der Waals surface area contributed by atoms with E-state index in [1.165, 1.54) is 0 Å². The van der Waals surface area contributed by atoms with Crippen molar-refractivity contribution in [2.24, 2.45) is 5.92 Å². The number of anilines is 1. The number of nitrogens with one attached hydrogen (secondary N) is 2. The molecule has 2 heterocycles. The number of carbonyl (C=O) groups excluding carboxylic acids is 2. The zero-order valence-electron chi connectivity index (χ0n) is 11.8. The maximum atomic E-state index is 12.2. The Morgan fingerprint density at radius 2 is 2.23 bits per heavy atom. The van der Waals surface area contributed by atoms with Gasteiger partial charge in [-0.15, -0.1) is 0 Å². The second-order valence-electron chi connectivity index (χ2n) is 5.15. The molecular formula is C15H15ClN4O2. The smallest absolute Gasteiger partial charge is 0.229 e. The van der Waals surface area contributed by atoms with E-state index in [1.54, 1.807) is 23.1 Å². The van der Waals surface area contributed by atoms with Crippen molar-refractivity contribution < 1.29 is 9.59 Å². The van der Waals surface area contributed by atoms with E-state index in [-0.39, 0.29) is 17.7 Å². The quantitative estimate of drug-likeness (QED) is 0.908. The summed E-state index contributed by atoms with van der Waals surface area (Å²) in [7, 11) is 0. The Kier molecular flexibility index (Phi) is 4.11. The van der Waals surface area contributed by atoms with Crippen molar-refractivity contribution in [3.63, 3.8) is 0 Å². The van der Waals surface area contributed by atoms with E-state index < -0.39 is 0 Å². The van der Waals surface area contributed by atoms with Crippen LogP contribution < -0.4 is 10.6 Å². The summed E-state index contributed by atoms with van der Waals surface area (Å²) in [5.74, 6) is -0.323. The molecule has 1 atom stereocenters. The van der Waals surface area contributed by atoms with Gasteiger partial charge in [-0.2, -0.15) is 5.10 Å². The summed E-state index contributed by atoms with van der Waals surface area (Å²) in [6.07, 6.45) is 4.23. The molecule has 3 rings (SSSR count). The minimum absolute atomic E-state index is 0.00408. The van der Waals surface area contributed by atoms with Crippen molar-refractivity contribution in [3.05, 3.63) is 41.7 Å². The first-order valence-corrected chi connectivity index (χ1v) is 7.38. The van der Waals surface area contributed by atoms with Gasteiger partial charge in [0.2, 0.25) is 11.8 Å². The molecule has 1 fully saturated rings. The molecule has 1 aromatic carbocycles. The minimum Gasteiger partial charge on any atom is -0.355 e. The molecule has 1 saturated heterocycles. The van der Waals surface area contributed by atoms with E-state index in [4.69, 9.17) is 11.6 Å². The summed E-state index contributed by atoms with van der Waals surface area (Å²) in [5.41, 5.74) is 1.34. The highest BCUT2D eigenvalue weighted by molar-refractivity contribution is 6.32. The molecular weight excluding hydrogens is 304 g/mol. The molecule has 0 spiro atoms. The second kappa shape index (κ2) is 6.19. The van der Waals surface area contributed by atoms with E-state index in [1.807, 2.05) is 18.2 Å². The summed E-state index contributed by atoms with van der Waals surface area (Å²) in [6, 6.07) is 7.33. The van der Waals surface area contributed by atoms with Gasteiger partial charge in [0.25, 0.3) is 0 Å². The SMILES string of the molecule is O=C1CC[C@H](C(=O)Nc2cnn(-c3ccccc3Cl)c2)CN1. The number of amides is 2. The number of piperidine rings is 1. The Bertz CT molecular complexity index is 703. The lowest BCUT2D eigenvalue weighted by molar-refractivity contribution is -0.126. The third-order valence-electron chi connectivity index (χ3n) is 3.59. The highest BCUT2D eigenvalue weighted by Gasteiger charge is 2.24. The molecule has 0 saturated carbocycles. The van der Waals surface area contributed by atoms with Gasteiger partial charge in [0.15, 0.2) is 0 Å². The van der Waals surface area contributed by atoms with Gasteiger partial charge in [-0.25, -0.2) is 4.68 Å². The number of halogens is 1. The molecule has 6 nitrogen and oxygen atoms in total. The van der Waals surface area contributed by atoms with Crippen molar-refractivity contribution in [1.82, 2.24) is 15.1 Å². The molecule has 1 aromatic heterocycles. The highest BCUT2D eigenvalue weighted by Crippen LogP contribution is 2.21. The van der Waals surface area contributed by atoms with Gasteiger partial charge in [-0.3, -0.25) is 9.59 Å². The van der Waals surface area contributed by atoms with E-state index >= 15 is 0 Å². The fourth-order valence-electron chi connectivity index (χ4n) is 2.36. The predicted octanol–water partition coefficient (Wildman–Crippen LogP) is 1.99. The van der Waals surface area contributed by atoms with Crippen LogP contribution in [0.2, 0.25) is 5.02 Å². The second-order valence-corrected chi connectivity index (χ2v) is 5.56. The number of carbonyl (C=O) groups is 2. The van der Waals surface area contributed by atoms with E-state index in [9.17, 15) is 9.59 Å². The van der Waals surface area contributed by atoms with Crippen LogP contribution in [0.5, 0.6) is 0 Å². The minimum atomic E-state index is -0.207. The van der Waals surface area contributed by atoms with Gasteiger partial charge in [0.1, 0.15) is 0 Å². The van der Waals surface area contributed by atoms with Gasteiger partial charge in [-0.05, 0) is 18.6 Å². The van der Waals surface area contributed by atoms with E-state index in [2.05, 4.69) is 15.7 Å². The normalized spacial score (nSPS) is 17.9. The number of nitrogens with zero attached hydrogens (tertiary/aromatic N) is 2. The van der Waals surface area contributed by atoms with E-state index in [0.29, 0.717) is 30.1 Å². The van der Waals surface area contributed by atoms with Crippen LogP contribution >= 0.6 is 11.6 Å². The van der Waals surface area contributed by atoms with Gasteiger partial charge >= 0.3 is 0 Å². The van der Waals surface area contributed by atoms with Crippen LogP contribution in [-0.4, -0.2) is 28.1 Å². The third-order valence-corrected chi connectivity index (χ3v) is 3.91. The molecule has 0 radical (unpaired) electrons. The number of aromatic nitrogens is 2. The third kappa shape index (κ3) is 3.12.